The number of fused-ring (bicyclic) bond motifs is 1. The summed E-state index contributed by atoms with van der Waals surface area (Å²) in [6.07, 6.45) is 0.178. The molecule has 5 aromatic rings. The quantitative estimate of drug-likeness (QED) is 0.199. The van der Waals surface area contributed by atoms with Crippen LogP contribution in [0.3, 0.4) is 0 Å². The molecule has 0 saturated heterocycles. The maximum atomic E-state index is 13.8. The number of aromatic nitrogens is 5. The van der Waals surface area contributed by atoms with Crippen molar-refractivity contribution >= 4 is 62.3 Å². The molecule has 5 rings (SSSR count). The molecular weight excluding hydrogens is 599 g/mol. The number of alkyl halides is 2. The van der Waals surface area contributed by atoms with Crippen LogP contribution in [0.15, 0.2) is 42.7 Å². The molecule has 1 aromatic carbocycles. The highest BCUT2D eigenvalue weighted by Gasteiger charge is 2.27. The maximum Gasteiger partial charge on any atom is 0.280 e. The fourth-order valence-electron chi connectivity index (χ4n) is 4.25. The molecule has 4 aromatic heterocycles. The second-order valence-electron chi connectivity index (χ2n) is 8.72. The van der Waals surface area contributed by atoms with Crippen LogP contribution in [-0.4, -0.2) is 36.4 Å². The Morgan fingerprint density at radius 1 is 1.20 bits per heavy atom. The molecule has 0 radical (unpaired) electrons. The number of nitrogens with one attached hydrogen (secondary N) is 1. The van der Waals surface area contributed by atoms with Gasteiger partial charge in [-0.05, 0) is 43.7 Å². The minimum Gasteiger partial charge on any atom is -0.468 e. The average molecular weight is 620 g/mol. The number of carbonyl (C=O) groups is 2. The highest BCUT2D eigenvalue weighted by molar-refractivity contribution is 7.21. The molecule has 15 heteroatoms. The zero-order valence-electron chi connectivity index (χ0n) is 21.5. The fraction of sp³-hybridized carbons (Fsp3) is 0.192. The third kappa shape index (κ3) is 5.47. The fourth-order valence-corrected chi connectivity index (χ4v) is 5.77. The molecule has 0 aliphatic carbocycles. The number of halogens is 4. The number of primary amides is 1. The van der Waals surface area contributed by atoms with Gasteiger partial charge in [-0.15, -0.1) is 11.3 Å². The molecule has 3 N–H and O–H groups in total. The van der Waals surface area contributed by atoms with Crippen LogP contribution in [0.25, 0.3) is 21.3 Å². The molecule has 0 aliphatic heterocycles. The van der Waals surface area contributed by atoms with Crippen LogP contribution in [0.4, 0.5) is 14.5 Å². The van der Waals surface area contributed by atoms with Gasteiger partial charge in [0.2, 0.25) is 0 Å². The summed E-state index contributed by atoms with van der Waals surface area (Å²) < 4.78 is 36.3. The number of rotatable bonds is 9. The predicted molar refractivity (Wildman–Crippen MR) is 152 cm³/mol. The standard InChI is InChI=1S/C26H21Cl2F2N7O3S/c1-3-37-12(2)14(10-32-37)13-9-18(23(29)30)33-26-19(13)20(22(41-26)24(31)38)34-25(39)17-7-8-36(35-17)11-40-21-15(27)5-4-6-16(21)28/h4-10,23H,3,11H2,1-2H3,(H2,31,38)(H,34,39). The number of nitrogens with zero attached hydrogens (tertiary/aromatic N) is 5. The van der Waals surface area contributed by atoms with E-state index in [1.165, 1.54) is 23.0 Å². The zero-order valence-corrected chi connectivity index (χ0v) is 23.8. The Bertz CT molecular complexity index is 1780. The van der Waals surface area contributed by atoms with Gasteiger partial charge in [0.1, 0.15) is 15.4 Å². The summed E-state index contributed by atoms with van der Waals surface area (Å²) in [5.74, 6) is -1.27. The monoisotopic (exact) mass is 619 g/mol. The normalized spacial score (nSPS) is 11.4. The largest absolute Gasteiger partial charge is 0.468 e. The lowest BCUT2D eigenvalue weighted by Crippen LogP contribution is -2.18. The molecule has 2 amide bonds. The Morgan fingerprint density at radius 3 is 2.56 bits per heavy atom. The lowest BCUT2D eigenvalue weighted by Gasteiger charge is -2.11. The predicted octanol–water partition coefficient (Wildman–Crippen LogP) is 6.32. The molecule has 0 atom stereocenters. The second-order valence-corrected chi connectivity index (χ2v) is 10.5. The molecule has 10 nitrogen and oxygen atoms in total. The van der Waals surface area contributed by atoms with Crippen molar-refractivity contribution in [2.75, 3.05) is 5.32 Å². The highest BCUT2D eigenvalue weighted by atomic mass is 35.5. The van der Waals surface area contributed by atoms with Crippen LogP contribution in [0.2, 0.25) is 10.0 Å². The van der Waals surface area contributed by atoms with Gasteiger partial charge in [0.15, 0.2) is 18.2 Å². The van der Waals surface area contributed by atoms with E-state index in [-0.39, 0.29) is 39.0 Å². The van der Waals surface area contributed by atoms with Crippen LogP contribution >= 0.6 is 34.5 Å². The number of hydrogen-bond donors (Lipinski definition) is 2. The Morgan fingerprint density at radius 2 is 1.93 bits per heavy atom. The Labute approximate surface area is 245 Å². The van der Waals surface area contributed by atoms with Crippen LogP contribution in [0.1, 0.15) is 44.9 Å². The van der Waals surface area contributed by atoms with Crippen molar-refractivity contribution in [3.63, 3.8) is 0 Å². The van der Waals surface area contributed by atoms with Crippen LogP contribution in [0, 0.1) is 6.92 Å². The number of benzene rings is 1. The van der Waals surface area contributed by atoms with E-state index >= 15 is 0 Å². The van der Waals surface area contributed by atoms with E-state index in [0.717, 1.165) is 11.3 Å². The number of aryl methyl sites for hydroxylation is 1. The van der Waals surface area contributed by atoms with Gasteiger partial charge in [0, 0.05) is 29.4 Å². The maximum absolute atomic E-state index is 13.8. The summed E-state index contributed by atoms with van der Waals surface area (Å²) in [4.78, 5) is 29.8. The van der Waals surface area contributed by atoms with Crippen molar-refractivity contribution < 1.29 is 23.1 Å². The van der Waals surface area contributed by atoms with Crippen molar-refractivity contribution in [3.05, 3.63) is 74.7 Å². The van der Waals surface area contributed by atoms with Crippen molar-refractivity contribution in [1.29, 1.82) is 0 Å². The summed E-state index contributed by atoms with van der Waals surface area (Å²) >= 11 is 13.1. The van der Waals surface area contributed by atoms with Gasteiger partial charge in [-0.2, -0.15) is 10.2 Å². The van der Waals surface area contributed by atoms with Gasteiger partial charge in [-0.1, -0.05) is 29.3 Å². The topological polar surface area (TPSA) is 130 Å². The summed E-state index contributed by atoms with van der Waals surface area (Å²) in [6.45, 7) is 4.14. The molecule has 41 heavy (non-hydrogen) atoms. The number of amides is 2. The number of anilines is 1. The van der Waals surface area contributed by atoms with E-state index in [9.17, 15) is 18.4 Å². The summed E-state index contributed by atoms with van der Waals surface area (Å²) in [5.41, 5.74) is 6.77. The molecule has 0 unspecified atom stereocenters. The summed E-state index contributed by atoms with van der Waals surface area (Å²) in [7, 11) is 0. The van der Waals surface area contributed by atoms with Gasteiger partial charge >= 0.3 is 0 Å². The van der Waals surface area contributed by atoms with Gasteiger partial charge in [0.25, 0.3) is 18.2 Å². The first-order valence-electron chi connectivity index (χ1n) is 12.1. The highest BCUT2D eigenvalue weighted by Crippen LogP contribution is 2.43. The summed E-state index contributed by atoms with van der Waals surface area (Å²) in [6, 6.07) is 7.59. The third-order valence-electron chi connectivity index (χ3n) is 6.19. The van der Waals surface area contributed by atoms with Crippen LogP contribution < -0.4 is 15.8 Å². The number of thiophene rings is 1. The van der Waals surface area contributed by atoms with Gasteiger partial charge in [-0.3, -0.25) is 14.3 Å². The molecule has 0 fully saturated rings. The minimum absolute atomic E-state index is 0.0117. The number of pyridine rings is 1. The molecule has 0 saturated carbocycles. The smallest absolute Gasteiger partial charge is 0.280 e. The van der Waals surface area contributed by atoms with Gasteiger partial charge in [0.05, 0.1) is 21.9 Å². The number of hydrogen-bond acceptors (Lipinski definition) is 7. The SMILES string of the molecule is CCn1ncc(-c2cc(C(F)F)nc3sc(C(N)=O)c(NC(=O)c4ccn(COc5c(Cl)cccc5Cl)n4)c23)c1C. The van der Waals surface area contributed by atoms with Gasteiger partial charge in [-0.25, -0.2) is 18.4 Å². The van der Waals surface area contributed by atoms with Crippen LogP contribution in [-0.2, 0) is 13.3 Å². The van der Waals surface area contributed by atoms with E-state index < -0.39 is 23.9 Å². The summed E-state index contributed by atoms with van der Waals surface area (Å²) in [5, 5.41) is 12.1. The third-order valence-corrected chi connectivity index (χ3v) is 7.89. The number of para-hydroxylation sites is 1. The first kappa shape index (κ1) is 28.5. The van der Waals surface area contributed by atoms with E-state index in [0.29, 0.717) is 33.4 Å². The number of carbonyl (C=O) groups excluding carboxylic acids is 2. The number of nitrogens with two attached hydrogens (primary N) is 1. The van der Waals surface area contributed by atoms with Crippen molar-refractivity contribution in [2.45, 2.75) is 33.5 Å². The average Bonchev–Trinajstić information content (AvgIpc) is 3.65. The molecule has 212 valence electrons. The van der Waals surface area contributed by atoms with Crippen molar-refractivity contribution in [1.82, 2.24) is 24.5 Å². The first-order chi connectivity index (χ1) is 19.6. The second kappa shape index (κ2) is 11.4. The molecule has 0 aliphatic rings. The Kier molecular flexibility index (Phi) is 7.93. The zero-order chi connectivity index (χ0) is 29.4. The lowest BCUT2D eigenvalue weighted by atomic mass is 10.0. The van der Waals surface area contributed by atoms with E-state index in [1.54, 1.807) is 36.0 Å². The van der Waals surface area contributed by atoms with Gasteiger partial charge < -0.3 is 15.8 Å². The first-order valence-corrected chi connectivity index (χ1v) is 13.7. The molecule has 4 heterocycles. The molecular formula is C26H21Cl2F2N7O3S. The van der Waals surface area contributed by atoms with Crippen molar-refractivity contribution in [2.24, 2.45) is 5.73 Å². The Balaban J connectivity index is 1.52. The molecule has 0 bridgehead atoms. The van der Waals surface area contributed by atoms with E-state index in [2.05, 4.69) is 20.5 Å². The Hall–Kier alpha value is -4.07. The lowest BCUT2D eigenvalue weighted by molar-refractivity contribution is 0.100. The van der Waals surface area contributed by atoms with E-state index in [4.69, 9.17) is 33.7 Å². The molecule has 0 spiro atoms. The van der Waals surface area contributed by atoms with Crippen LogP contribution in [0.5, 0.6) is 5.75 Å². The number of ether oxygens (including phenoxy) is 1. The van der Waals surface area contributed by atoms with E-state index in [1.807, 2.05) is 6.92 Å². The van der Waals surface area contributed by atoms with Crippen molar-refractivity contribution in [3.8, 4) is 16.9 Å². The minimum atomic E-state index is -2.87.